The Kier molecular flexibility index (Phi) is 5.26. The van der Waals surface area contributed by atoms with Gasteiger partial charge in [-0.1, -0.05) is 18.2 Å². The minimum absolute atomic E-state index is 0.0759. The zero-order chi connectivity index (χ0) is 17.2. The first kappa shape index (κ1) is 17.3. The molecule has 2 aliphatic carbocycles. The van der Waals surface area contributed by atoms with Gasteiger partial charge in [0.2, 0.25) is 11.1 Å². The first-order valence-corrected chi connectivity index (χ1v) is 10.5. The van der Waals surface area contributed by atoms with E-state index in [1.165, 1.54) is 37.4 Å². The van der Waals surface area contributed by atoms with Crippen LogP contribution in [-0.2, 0) is 16.1 Å². The number of ether oxygens (including phenoxy) is 1. The lowest BCUT2D eigenvalue weighted by atomic mass is 9.84. The third-order valence-electron chi connectivity index (χ3n) is 6.06. The molecule has 2 saturated carbocycles. The number of hydrogen-bond acceptors (Lipinski definition) is 6. The summed E-state index contributed by atoms with van der Waals surface area (Å²) in [6.45, 7) is 3.65. The van der Waals surface area contributed by atoms with E-state index in [1.54, 1.807) is 4.68 Å². The molecule has 2 heterocycles. The van der Waals surface area contributed by atoms with Crippen molar-refractivity contribution in [3.05, 3.63) is 0 Å². The molecule has 7 nitrogen and oxygen atoms in total. The highest BCUT2D eigenvalue weighted by atomic mass is 32.2. The average Bonchev–Trinajstić information content (AvgIpc) is 3.38. The zero-order valence-corrected chi connectivity index (χ0v) is 15.6. The lowest BCUT2D eigenvalue weighted by molar-refractivity contribution is -0.119. The molecule has 3 aliphatic rings. The number of rotatable bonds is 7. The maximum atomic E-state index is 12.3. The second kappa shape index (κ2) is 7.61. The van der Waals surface area contributed by atoms with Crippen molar-refractivity contribution in [3.63, 3.8) is 0 Å². The van der Waals surface area contributed by atoms with Gasteiger partial charge in [0, 0.05) is 12.6 Å². The third kappa shape index (κ3) is 4.00. The molecule has 0 aromatic carbocycles. The summed E-state index contributed by atoms with van der Waals surface area (Å²) in [5.74, 6) is 2.83. The maximum absolute atomic E-state index is 12.3. The van der Waals surface area contributed by atoms with Gasteiger partial charge >= 0.3 is 0 Å². The van der Waals surface area contributed by atoms with Gasteiger partial charge in [-0.3, -0.25) is 4.79 Å². The quantitative estimate of drug-likeness (QED) is 0.743. The number of nitrogens with one attached hydrogen (secondary N) is 1. The Bertz CT molecular complexity index is 604. The minimum atomic E-state index is 0.0759. The van der Waals surface area contributed by atoms with E-state index in [-0.39, 0.29) is 18.1 Å². The van der Waals surface area contributed by atoms with Crippen LogP contribution in [0.3, 0.4) is 0 Å². The number of nitrogens with zero attached hydrogens (tertiary/aromatic N) is 4. The van der Waals surface area contributed by atoms with Crippen LogP contribution in [0.1, 0.15) is 45.4 Å². The molecule has 0 radical (unpaired) electrons. The number of carbonyl (C=O) groups is 1. The molecule has 1 N–H and O–H groups in total. The molecule has 2 bridgehead atoms. The van der Waals surface area contributed by atoms with Crippen molar-refractivity contribution in [1.29, 1.82) is 0 Å². The molecule has 3 fully saturated rings. The summed E-state index contributed by atoms with van der Waals surface area (Å²) in [5, 5.41) is 15.7. The summed E-state index contributed by atoms with van der Waals surface area (Å²) < 4.78 is 7.39. The van der Waals surface area contributed by atoms with Crippen molar-refractivity contribution in [3.8, 4) is 0 Å². The zero-order valence-electron chi connectivity index (χ0n) is 14.8. The van der Waals surface area contributed by atoms with Crippen LogP contribution in [0, 0.1) is 17.8 Å². The summed E-state index contributed by atoms with van der Waals surface area (Å²) in [4.78, 5) is 12.3. The highest BCUT2D eigenvalue weighted by molar-refractivity contribution is 7.99. The first-order valence-electron chi connectivity index (χ1n) is 9.49. The molecule has 8 heteroatoms. The van der Waals surface area contributed by atoms with Gasteiger partial charge in [-0.05, 0) is 67.2 Å². The Balaban J connectivity index is 1.24. The molecule has 1 aromatic rings. The lowest BCUT2D eigenvalue weighted by Crippen LogP contribution is -2.41. The lowest BCUT2D eigenvalue weighted by Gasteiger charge is -2.28. The van der Waals surface area contributed by atoms with Crippen molar-refractivity contribution >= 4 is 17.7 Å². The van der Waals surface area contributed by atoms with Crippen LogP contribution in [0.15, 0.2) is 5.16 Å². The predicted octanol–water partition coefficient (Wildman–Crippen LogP) is 1.89. The van der Waals surface area contributed by atoms with E-state index in [0.29, 0.717) is 23.4 Å². The van der Waals surface area contributed by atoms with Gasteiger partial charge < -0.3 is 10.1 Å². The summed E-state index contributed by atoms with van der Waals surface area (Å²) in [5.41, 5.74) is 0. The van der Waals surface area contributed by atoms with Crippen molar-refractivity contribution in [2.24, 2.45) is 17.8 Å². The van der Waals surface area contributed by atoms with Crippen molar-refractivity contribution in [2.75, 3.05) is 12.4 Å². The minimum Gasteiger partial charge on any atom is -0.376 e. The Morgan fingerprint density at radius 1 is 1.40 bits per heavy atom. The molecule has 25 heavy (non-hydrogen) atoms. The monoisotopic (exact) mass is 365 g/mol. The standard InChI is InChI=1S/C17H27N5O2S/c1-11(15-8-12-4-5-13(15)7-12)18-16(23)10-25-17-19-20-21-22(17)9-14-3-2-6-24-14/h11-15H,2-10H2,1H3,(H,18,23)/t11-,12-,13-,14+,15+/m0/s1. The van der Waals surface area contributed by atoms with E-state index < -0.39 is 0 Å². The number of hydrogen-bond donors (Lipinski definition) is 1. The van der Waals surface area contributed by atoms with E-state index in [0.717, 1.165) is 31.3 Å². The smallest absolute Gasteiger partial charge is 0.230 e. The van der Waals surface area contributed by atoms with E-state index in [1.807, 2.05) is 0 Å². The highest BCUT2D eigenvalue weighted by Crippen LogP contribution is 2.49. The van der Waals surface area contributed by atoms with E-state index >= 15 is 0 Å². The molecule has 1 aliphatic heterocycles. The van der Waals surface area contributed by atoms with E-state index in [9.17, 15) is 4.79 Å². The van der Waals surface area contributed by atoms with Gasteiger partial charge in [-0.25, -0.2) is 4.68 Å². The van der Waals surface area contributed by atoms with Gasteiger partial charge in [0.15, 0.2) is 0 Å². The molecule has 5 atom stereocenters. The average molecular weight is 366 g/mol. The predicted molar refractivity (Wildman–Crippen MR) is 94.1 cm³/mol. The SMILES string of the molecule is C[C@H](NC(=O)CSc1nnnn1C[C@H]1CCCO1)[C@H]1C[C@H]2CC[C@H]1C2. The van der Waals surface area contributed by atoms with Crippen LogP contribution >= 0.6 is 11.8 Å². The number of carbonyl (C=O) groups excluding carboxylic acids is 1. The van der Waals surface area contributed by atoms with Crippen molar-refractivity contribution in [1.82, 2.24) is 25.5 Å². The second-order valence-corrected chi connectivity index (χ2v) is 8.70. The summed E-state index contributed by atoms with van der Waals surface area (Å²) in [6.07, 6.45) is 7.74. The van der Waals surface area contributed by atoms with Gasteiger partial charge in [0.25, 0.3) is 0 Å². The molecule has 138 valence electrons. The third-order valence-corrected chi connectivity index (χ3v) is 7.01. The van der Waals surface area contributed by atoms with Crippen LogP contribution < -0.4 is 5.32 Å². The van der Waals surface area contributed by atoms with Gasteiger partial charge in [-0.15, -0.1) is 5.10 Å². The first-order chi connectivity index (χ1) is 12.2. The van der Waals surface area contributed by atoms with Crippen molar-refractivity contribution < 1.29 is 9.53 Å². The fraction of sp³-hybridized carbons (Fsp3) is 0.882. The van der Waals surface area contributed by atoms with Gasteiger partial charge in [0.1, 0.15) is 0 Å². The number of thioether (sulfide) groups is 1. The summed E-state index contributed by atoms with van der Waals surface area (Å²) in [6, 6.07) is 0.270. The summed E-state index contributed by atoms with van der Waals surface area (Å²) in [7, 11) is 0. The fourth-order valence-electron chi connectivity index (χ4n) is 4.83. The van der Waals surface area contributed by atoms with Crippen LogP contribution in [0.2, 0.25) is 0 Å². The van der Waals surface area contributed by atoms with Crippen LogP contribution in [0.5, 0.6) is 0 Å². The Hall–Kier alpha value is -1.15. The molecule has 1 saturated heterocycles. The normalized spacial score (nSPS) is 32.2. The molecule has 0 spiro atoms. The van der Waals surface area contributed by atoms with Crippen LogP contribution in [0.4, 0.5) is 0 Å². The Labute approximate surface area is 152 Å². The molecule has 1 aromatic heterocycles. The molecule has 4 rings (SSSR count). The van der Waals surface area contributed by atoms with Crippen LogP contribution in [-0.4, -0.2) is 50.6 Å². The molecule has 0 unspecified atom stereocenters. The number of fused-ring (bicyclic) bond motifs is 2. The van der Waals surface area contributed by atoms with Crippen molar-refractivity contribution in [2.45, 2.75) is 69.3 Å². The number of aromatic nitrogens is 4. The van der Waals surface area contributed by atoms with Gasteiger partial charge in [-0.2, -0.15) is 0 Å². The Morgan fingerprint density at radius 2 is 2.32 bits per heavy atom. The highest BCUT2D eigenvalue weighted by Gasteiger charge is 2.42. The second-order valence-electron chi connectivity index (χ2n) is 7.76. The van der Waals surface area contributed by atoms with E-state index in [2.05, 4.69) is 27.8 Å². The summed E-state index contributed by atoms with van der Waals surface area (Å²) >= 11 is 1.40. The topological polar surface area (TPSA) is 81.9 Å². The molecular weight excluding hydrogens is 338 g/mol. The molecule has 1 amide bonds. The fourth-order valence-corrected chi connectivity index (χ4v) is 5.53. The Morgan fingerprint density at radius 3 is 3.04 bits per heavy atom. The number of amides is 1. The molecular formula is C17H27N5O2S. The number of tetrazole rings is 1. The maximum Gasteiger partial charge on any atom is 0.230 e. The largest absolute Gasteiger partial charge is 0.376 e. The van der Waals surface area contributed by atoms with Gasteiger partial charge in [0.05, 0.1) is 18.4 Å². The van der Waals surface area contributed by atoms with Crippen LogP contribution in [0.25, 0.3) is 0 Å². The van der Waals surface area contributed by atoms with E-state index in [4.69, 9.17) is 4.74 Å².